The summed E-state index contributed by atoms with van der Waals surface area (Å²) < 4.78 is 5.42. The fourth-order valence-corrected chi connectivity index (χ4v) is 1.83. The predicted molar refractivity (Wildman–Crippen MR) is 82.3 cm³/mol. The summed E-state index contributed by atoms with van der Waals surface area (Å²) in [7, 11) is 1.86. The Kier molecular flexibility index (Phi) is 5.29. The molecular formula is C16H19N3O2. The third kappa shape index (κ3) is 4.57. The number of ether oxygens (including phenoxy) is 1. The van der Waals surface area contributed by atoms with Crippen molar-refractivity contribution in [3.63, 3.8) is 0 Å². The molecule has 5 nitrogen and oxygen atoms in total. The van der Waals surface area contributed by atoms with E-state index in [9.17, 15) is 4.79 Å². The van der Waals surface area contributed by atoms with Gasteiger partial charge in [-0.25, -0.2) is 0 Å². The van der Waals surface area contributed by atoms with E-state index in [0.29, 0.717) is 12.3 Å². The number of hydrogen-bond donors (Lipinski definition) is 2. The van der Waals surface area contributed by atoms with Gasteiger partial charge < -0.3 is 15.4 Å². The van der Waals surface area contributed by atoms with Gasteiger partial charge in [0.2, 0.25) is 0 Å². The van der Waals surface area contributed by atoms with Crippen molar-refractivity contribution in [1.29, 1.82) is 0 Å². The van der Waals surface area contributed by atoms with E-state index in [4.69, 9.17) is 4.74 Å². The van der Waals surface area contributed by atoms with Crippen molar-refractivity contribution in [2.75, 3.05) is 19.0 Å². The summed E-state index contributed by atoms with van der Waals surface area (Å²) in [5, 5.41) is 5.84. The number of aryl methyl sites for hydroxylation is 1. The summed E-state index contributed by atoms with van der Waals surface area (Å²) in [4.78, 5) is 16.1. The van der Waals surface area contributed by atoms with Gasteiger partial charge in [-0.15, -0.1) is 0 Å². The summed E-state index contributed by atoms with van der Waals surface area (Å²) in [6, 6.07) is 11.3. The molecule has 21 heavy (non-hydrogen) atoms. The highest BCUT2D eigenvalue weighted by Gasteiger charge is 2.05. The lowest BCUT2D eigenvalue weighted by atomic mass is 10.2. The number of benzene rings is 1. The Hall–Kier alpha value is -2.40. The highest BCUT2D eigenvalue weighted by molar-refractivity contribution is 5.92. The van der Waals surface area contributed by atoms with Crippen LogP contribution in [0.1, 0.15) is 11.3 Å². The molecule has 0 saturated carbocycles. The van der Waals surface area contributed by atoms with Crippen LogP contribution in [-0.4, -0.2) is 24.5 Å². The zero-order valence-corrected chi connectivity index (χ0v) is 12.2. The molecule has 1 amide bonds. The van der Waals surface area contributed by atoms with E-state index in [0.717, 1.165) is 16.9 Å². The Balaban J connectivity index is 1.85. The summed E-state index contributed by atoms with van der Waals surface area (Å²) in [5.74, 6) is 0.387. The molecule has 0 saturated heterocycles. The molecule has 0 aliphatic heterocycles. The first-order chi connectivity index (χ1) is 10.2. The van der Waals surface area contributed by atoms with Crippen LogP contribution in [0, 0.1) is 6.92 Å². The Labute approximate surface area is 124 Å². The molecule has 0 fully saturated rings. The van der Waals surface area contributed by atoms with Crippen molar-refractivity contribution in [1.82, 2.24) is 10.3 Å². The van der Waals surface area contributed by atoms with Crippen LogP contribution in [0.4, 0.5) is 5.69 Å². The largest absolute Gasteiger partial charge is 0.482 e. The van der Waals surface area contributed by atoms with Gasteiger partial charge in [-0.3, -0.25) is 9.78 Å². The first-order valence-electron chi connectivity index (χ1n) is 6.77. The van der Waals surface area contributed by atoms with Crippen LogP contribution in [0.5, 0.6) is 5.75 Å². The molecule has 2 rings (SSSR count). The SMILES string of the molecule is CNCc1ccc(OCC(=O)Nc2ccccc2C)cn1. The first kappa shape index (κ1) is 15.0. The third-order valence-electron chi connectivity index (χ3n) is 2.94. The molecule has 1 heterocycles. The molecule has 2 N–H and O–H groups in total. The van der Waals surface area contributed by atoms with Gasteiger partial charge in [0.05, 0.1) is 11.9 Å². The van der Waals surface area contributed by atoms with Crippen LogP contribution >= 0.6 is 0 Å². The highest BCUT2D eigenvalue weighted by Crippen LogP contribution is 2.13. The maximum atomic E-state index is 11.8. The van der Waals surface area contributed by atoms with Crippen molar-refractivity contribution in [3.8, 4) is 5.75 Å². The third-order valence-corrected chi connectivity index (χ3v) is 2.94. The average molecular weight is 285 g/mol. The molecule has 1 aromatic carbocycles. The number of nitrogens with zero attached hydrogens (tertiary/aromatic N) is 1. The van der Waals surface area contributed by atoms with E-state index >= 15 is 0 Å². The van der Waals surface area contributed by atoms with E-state index in [-0.39, 0.29) is 12.5 Å². The smallest absolute Gasteiger partial charge is 0.262 e. The van der Waals surface area contributed by atoms with E-state index in [1.807, 2.05) is 44.3 Å². The number of nitrogens with one attached hydrogen (secondary N) is 2. The lowest BCUT2D eigenvalue weighted by Crippen LogP contribution is -2.20. The molecule has 0 radical (unpaired) electrons. The Morgan fingerprint density at radius 3 is 2.71 bits per heavy atom. The lowest BCUT2D eigenvalue weighted by Gasteiger charge is -2.09. The molecule has 0 spiro atoms. The minimum atomic E-state index is -0.191. The summed E-state index contributed by atoms with van der Waals surface area (Å²) >= 11 is 0. The molecular weight excluding hydrogens is 266 g/mol. The fraction of sp³-hybridized carbons (Fsp3) is 0.250. The fourth-order valence-electron chi connectivity index (χ4n) is 1.83. The predicted octanol–water partition coefficient (Wildman–Crippen LogP) is 2.13. The Morgan fingerprint density at radius 2 is 2.05 bits per heavy atom. The van der Waals surface area contributed by atoms with Crippen molar-refractivity contribution in [2.24, 2.45) is 0 Å². The van der Waals surface area contributed by atoms with Gasteiger partial charge in [-0.05, 0) is 37.7 Å². The Morgan fingerprint density at radius 1 is 1.24 bits per heavy atom. The lowest BCUT2D eigenvalue weighted by molar-refractivity contribution is -0.118. The second-order valence-electron chi connectivity index (χ2n) is 4.67. The topological polar surface area (TPSA) is 63.2 Å². The number of carbonyl (C=O) groups is 1. The molecule has 2 aromatic rings. The van der Waals surface area contributed by atoms with Gasteiger partial charge >= 0.3 is 0 Å². The normalized spacial score (nSPS) is 10.2. The van der Waals surface area contributed by atoms with Crippen LogP contribution in [0.15, 0.2) is 42.6 Å². The van der Waals surface area contributed by atoms with Gasteiger partial charge in [0, 0.05) is 12.2 Å². The number of rotatable bonds is 6. The zero-order valence-electron chi connectivity index (χ0n) is 12.2. The number of pyridine rings is 1. The number of aromatic nitrogens is 1. The summed E-state index contributed by atoms with van der Waals surface area (Å²) in [5.41, 5.74) is 2.74. The molecule has 5 heteroatoms. The monoisotopic (exact) mass is 285 g/mol. The van der Waals surface area contributed by atoms with Gasteiger partial charge in [0.25, 0.3) is 5.91 Å². The second kappa shape index (κ2) is 7.40. The number of hydrogen-bond acceptors (Lipinski definition) is 4. The minimum Gasteiger partial charge on any atom is -0.482 e. The van der Waals surface area contributed by atoms with Crippen molar-refractivity contribution in [3.05, 3.63) is 53.9 Å². The first-order valence-corrected chi connectivity index (χ1v) is 6.77. The molecule has 0 unspecified atom stereocenters. The molecule has 0 aliphatic carbocycles. The van der Waals surface area contributed by atoms with E-state index in [2.05, 4.69) is 15.6 Å². The summed E-state index contributed by atoms with van der Waals surface area (Å²) in [6.45, 7) is 2.61. The minimum absolute atomic E-state index is 0.0403. The van der Waals surface area contributed by atoms with Gasteiger partial charge in [-0.1, -0.05) is 18.2 Å². The quantitative estimate of drug-likeness (QED) is 0.853. The van der Waals surface area contributed by atoms with E-state index < -0.39 is 0 Å². The van der Waals surface area contributed by atoms with Gasteiger partial charge in [0.15, 0.2) is 6.61 Å². The maximum Gasteiger partial charge on any atom is 0.262 e. The van der Waals surface area contributed by atoms with Crippen molar-refractivity contribution in [2.45, 2.75) is 13.5 Å². The van der Waals surface area contributed by atoms with Crippen molar-refractivity contribution >= 4 is 11.6 Å². The van der Waals surface area contributed by atoms with Gasteiger partial charge in [-0.2, -0.15) is 0 Å². The van der Waals surface area contributed by atoms with Crippen LogP contribution in [0.2, 0.25) is 0 Å². The van der Waals surface area contributed by atoms with Crippen LogP contribution in [-0.2, 0) is 11.3 Å². The average Bonchev–Trinajstić information content (AvgIpc) is 2.49. The van der Waals surface area contributed by atoms with Crippen LogP contribution in [0.25, 0.3) is 0 Å². The van der Waals surface area contributed by atoms with Crippen LogP contribution < -0.4 is 15.4 Å². The second-order valence-corrected chi connectivity index (χ2v) is 4.67. The van der Waals surface area contributed by atoms with Crippen molar-refractivity contribution < 1.29 is 9.53 Å². The van der Waals surface area contributed by atoms with Crippen LogP contribution in [0.3, 0.4) is 0 Å². The van der Waals surface area contributed by atoms with E-state index in [1.54, 1.807) is 12.3 Å². The zero-order chi connectivity index (χ0) is 15.1. The van der Waals surface area contributed by atoms with Gasteiger partial charge in [0.1, 0.15) is 5.75 Å². The summed E-state index contributed by atoms with van der Waals surface area (Å²) in [6.07, 6.45) is 1.62. The highest BCUT2D eigenvalue weighted by atomic mass is 16.5. The molecule has 0 aliphatic rings. The molecule has 1 aromatic heterocycles. The number of para-hydroxylation sites is 1. The Bertz CT molecular complexity index is 597. The number of anilines is 1. The molecule has 110 valence electrons. The maximum absolute atomic E-state index is 11.8. The molecule has 0 bridgehead atoms. The number of carbonyl (C=O) groups excluding carboxylic acids is 1. The number of amides is 1. The van der Waals surface area contributed by atoms with E-state index in [1.165, 1.54) is 0 Å². The molecule has 0 atom stereocenters. The standard InChI is InChI=1S/C16H19N3O2/c1-12-5-3-4-6-15(12)19-16(20)11-21-14-8-7-13(9-17-2)18-10-14/h3-8,10,17H,9,11H2,1-2H3,(H,19,20).